The van der Waals surface area contributed by atoms with Gasteiger partial charge in [-0.3, -0.25) is 4.79 Å². The van der Waals surface area contributed by atoms with Crippen LogP contribution in [0.25, 0.3) is 0 Å². The fraction of sp³-hybridized carbons (Fsp3) is 0.533. The van der Waals surface area contributed by atoms with Crippen LogP contribution in [-0.2, 0) is 9.53 Å². The Morgan fingerprint density at radius 2 is 1.74 bits per heavy atom. The zero-order valence-electron chi connectivity index (χ0n) is 11.9. The number of hydrogen-bond donors (Lipinski definition) is 2. The Kier molecular flexibility index (Phi) is 3.92. The number of hydrogen-bond acceptors (Lipinski definition) is 3. The summed E-state index contributed by atoms with van der Waals surface area (Å²) in [6.45, 7) is 7.16. The maximum Gasteiger partial charge on any atom is 0.244 e. The predicted octanol–water partition coefficient (Wildman–Crippen LogP) is 2.06. The molecule has 4 heteroatoms. The minimum atomic E-state index is -0.804. The van der Waals surface area contributed by atoms with Crippen molar-refractivity contribution >= 4 is 11.6 Å². The van der Waals surface area contributed by atoms with Crippen LogP contribution in [0, 0.1) is 20.8 Å². The van der Waals surface area contributed by atoms with Gasteiger partial charge in [0.2, 0.25) is 5.91 Å². The van der Waals surface area contributed by atoms with Crippen molar-refractivity contribution in [3.63, 3.8) is 0 Å². The van der Waals surface area contributed by atoms with Crippen molar-refractivity contribution in [1.29, 1.82) is 0 Å². The van der Waals surface area contributed by atoms with Crippen LogP contribution in [0.4, 0.5) is 5.69 Å². The summed E-state index contributed by atoms with van der Waals surface area (Å²) in [5.74, 6) is -0.106. The average molecular weight is 262 g/mol. The Balaban J connectivity index is 2.19. The summed E-state index contributed by atoms with van der Waals surface area (Å²) in [4.78, 5) is 12.4. The molecule has 1 aromatic rings. The van der Waals surface area contributed by atoms with Crippen LogP contribution in [-0.4, -0.2) is 24.7 Å². The Hall–Kier alpha value is -1.39. The van der Waals surface area contributed by atoms with Crippen LogP contribution in [0.2, 0.25) is 0 Å². The number of amides is 1. The minimum absolute atomic E-state index is 0.106. The number of nitrogens with two attached hydrogens (primary N) is 1. The highest BCUT2D eigenvalue weighted by atomic mass is 16.5. The van der Waals surface area contributed by atoms with Crippen LogP contribution in [0.5, 0.6) is 0 Å². The van der Waals surface area contributed by atoms with E-state index >= 15 is 0 Å². The van der Waals surface area contributed by atoms with Gasteiger partial charge in [-0.15, -0.1) is 0 Å². The lowest BCUT2D eigenvalue weighted by atomic mass is 9.90. The molecule has 1 aliphatic rings. The third-order valence-corrected chi connectivity index (χ3v) is 3.75. The summed E-state index contributed by atoms with van der Waals surface area (Å²) < 4.78 is 5.27. The first-order valence-corrected chi connectivity index (χ1v) is 6.68. The smallest absolute Gasteiger partial charge is 0.244 e. The summed E-state index contributed by atoms with van der Waals surface area (Å²) in [6, 6.07) is 4.13. The molecule has 0 unspecified atom stereocenters. The van der Waals surface area contributed by atoms with E-state index in [0.29, 0.717) is 26.1 Å². The number of anilines is 1. The summed E-state index contributed by atoms with van der Waals surface area (Å²) in [6.07, 6.45) is 1.14. The lowest BCUT2D eigenvalue weighted by molar-refractivity contribution is -0.124. The summed E-state index contributed by atoms with van der Waals surface area (Å²) in [5, 5.41) is 3.00. The van der Waals surface area contributed by atoms with Gasteiger partial charge in [0, 0.05) is 18.9 Å². The molecule has 19 heavy (non-hydrogen) atoms. The van der Waals surface area contributed by atoms with Gasteiger partial charge < -0.3 is 15.8 Å². The molecule has 1 saturated heterocycles. The van der Waals surface area contributed by atoms with E-state index in [0.717, 1.165) is 16.8 Å². The molecule has 1 amide bonds. The standard InChI is InChI=1S/C15H22N2O2/c1-10-8-11(2)13(12(3)9-10)17-14(18)15(16)4-6-19-7-5-15/h8-9H,4-7,16H2,1-3H3,(H,17,18). The normalized spacial score (nSPS) is 18.1. The van der Waals surface area contributed by atoms with Crippen molar-refractivity contribution in [2.45, 2.75) is 39.2 Å². The summed E-state index contributed by atoms with van der Waals surface area (Å²) >= 11 is 0. The molecule has 104 valence electrons. The van der Waals surface area contributed by atoms with Crippen molar-refractivity contribution in [1.82, 2.24) is 0 Å². The first-order valence-electron chi connectivity index (χ1n) is 6.68. The van der Waals surface area contributed by atoms with E-state index in [2.05, 4.69) is 24.4 Å². The number of carbonyl (C=O) groups is 1. The number of carbonyl (C=O) groups excluding carboxylic acids is 1. The summed E-state index contributed by atoms with van der Waals surface area (Å²) in [7, 11) is 0. The molecule has 0 bridgehead atoms. The largest absolute Gasteiger partial charge is 0.381 e. The zero-order chi connectivity index (χ0) is 14.0. The first-order chi connectivity index (χ1) is 8.92. The van der Waals surface area contributed by atoms with Crippen molar-refractivity contribution in [2.75, 3.05) is 18.5 Å². The van der Waals surface area contributed by atoms with Gasteiger partial charge in [-0.2, -0.15) is 0 Å². The van der Waals surface area contributed by atoms with E-state index in [-0.39, 0.29) is 5.91 Å². The number of ether oxygens (including phenoxy) is 1. The summed E-state index contributed by atoms with van der Waals surface area (Å²) in [5.41, 5.74) is 9.60. The van der Waals surface area contributed by atoms with Gasteiger partial charge in [0.15, 0.2) is 0 Å². The molecule has 0 radical (unpaired) electrons. The molecule has 0 atom stereocenters. The molecule has 0 aromatic heterocycles. The Morgan fingerprint density at radius 1 is 1.21 bits per heavy atom. The minimum Gasteiger partial charge on any atom is -0.381 e. The first kappa shape index (κ1) is 14.0. The van der Waals surface area contributed by atoms with E-state index in [1.54, 1.807) is 0 Å². The van der Waals surface area contributed by atoms with Gasteiger partial charge in [-0.25, -0.2) is 0 Å². The van der Waals surface area contributed by atoms with Gasteiger partial charge in [0.1, 0.15) is 5.54 Å². The van der Waals surface area contributed by atoms with E-state index < -0.39 is 5.54 Å². The van der Waals surface area contributed by atoms with E-state index in [1.165, 1.54) is 5.56 Å². The van der Waals surface area contributed by atoms with E-state index in [4.69, 9.17) is 10.5 Å². The van der Waals surface area contributed by atoms with Crippen molar-refractivity contribution in [3.8, 4) is 0 Å². The Bertz CT molecular complexity index is 468. The molecule has 1 heterocycles. The molecule has 0 spiro atoms. The maximum atomic E-state index is 12.4. The van der Waals surface area contributed by atoms with Gasteiger partial charge in [-0.1, -0.05) is 17.7 Å². The molecule has 0 saturated carbocycles. The molecule has 1 fully saturated rings. The van der Waals surface area contributed by atoms with Gasteiger partial charge in [0.05, 0.1) is 0 Å². The number of nitrogens with one attached hydrogen (secondary N) is 1. The quantitative estimate of drug-likeness (QED) is 0.857. The molecular weight excluding hydrogens is 240 g/mol. The Morgan fingerprint density at radius 3 is 2.26 bits per heavy atom. The second-order valence-electron chi connectivity index (χ2n) is 5.50. The number of rotatable bonds is 2. The molecule has 3 N–H and O–H groups in total. The number of benzene rings is 1. The highest BCUT2D eigenvalue weighted by Crippen LogP contribution is 2.25. The highest BCUT2D eigenvalue weighted by Gasteiger charge is 2.36. The second kappa shape index (κ2) is 5.31. The Labute approximate surface area is 114 Å². The van der Waals surface area contributed by atoms with Crippen LogP contribution >= 0.6 is 0 Å². The van der Waals surface area contributed by atoms with Crippen LogP contribution < -0.4 is 11.1 Å². The molecule has 4 nitrogen and oxygen atoms in total. The second-order valence-corrected chi connectivity index (χ2v) is 5.50. The molecule has 1 aromatic carbocycles. The third-order valence-electron chi connectivity index (χ3n) is 3.75. The third kappa shape index (κ3) is 2.96. The van der Waals surface area contributed by atoms with Crippen molar-refractivity contribution < 1.29 is 9.53 Å². The van der Waals surface area contributed by atoms with E-state index in [1.807, 2.05) is 13.8 Å². The molecule has 0 aliphatic carbocycles. The van der Waals surface area contributed by atoms with Crippen LogP contribution in [0.1, 0.15) is 29.5 Å². The highest BCUT2D eigenvalue weighted by molar-refractivity contribution is 5.99. The van der Waals surface area contributed by atoms with Crippen molar-refractivity contribution in [3.05, 3.63) is 28.8 Å². The fourth-order valence-electron chi connectivity index (χ4n) is 2.58. The monoisotopic (exact) mass is 262 g/mol. The molecule has 2 rings (SSSR count). The predicted molar refractivity (Wildman–Crippen MR) is 76.3 cm³/mol. The van der Waals surface area contributed by atoms with Gasteiger partial charge in [0.25, 0.3) is 0 Å². The fourth-order valence-corrected chi connectivity index (χ4v) is 2.58. The maximum absolute atomic E-state index is 12.4. The van der Waals surface area contributed by atoms with E-state index in [9.17, 15) is 4.79 Å². The van der Waals surface area contributed by atoms with Crippen molar-refractivity contribution in [2.24, 2.45) is 5.73 Å². The molecular formula is C15H22N2O2. The number of aryl methyl sites for hydroxylation is 3. The molecule has 1 aliphatic heterocycles. The van der Waals surface area contributed by atoms with Gasteiger partial charge in [-0.05, 0) is 44.7 Å². The lowest BCUT2D eigenvalue weighted by Gasteiger charge is -2.32. The van der Waals surface area contributed by atoms with Gasteiger partial charge >= 0.3 is 0 Å². The lowest BCUT2D eigenvalue weighted by Crippen LogP contribution is -2.54. The van der Waals surface area contributed by atoms with Crippen LogP contribution in [0.15, 0.2) is 12.1 Å². The average Bonchev–Trinajstić information content (AvgIpc) is 2.34. The zero-order valence-corrected chi connectivity index (χ0v) is 11.9. The topological polar surface area (TPSA) is 64.4 Å². The van der Waals surface area contributed by atoms with Crippen LogP contribution in [0.3, 0.4) is 0 Å². The SMILES string of the molecule is Cc1cc(C)c(NC(=O)C2(N)CCOCC2)c(C)c1.